The summed E-state index contributed by atoms with van der Waals surface area (Å²) in [6.07, 6.45) is -3.48. The molecule has 12 heteroatoms. The number of halogens is 4. The van der Waals surface area contributed by atoms with Gasteiger partial charge >= 0.3 is 63.7 Å². The van der Waals surface area contributed by atoms with Crippen LogP contribution in [-0.4, -0.2) is 34.1 Å². The maximum absolute atomic E-state index is 12.3. The van der Waals surface area contributed by atoms with Crippen LogP contribution in [0.4, 0.5) is 18.9 Å². The van der Waals surface area contributed by atoms with Crippen molar-refractivity contribution in [3.63, 3.8) is 0 Å². The molecule has 1 aromatic carbocycles. The third-order valence-corrected chi connectivity index (χ3v) is 4.39. The number of thioether (sulfide) groups is 1. The van der Waals surface area contributed by atoms with Gasteiger partial charge in [-0.3, -0.25) is 4.79 Å². The molecule has 1 aromatic heterocycles. The number of alkyl halides is 3. The third kappa shape index (κ3) is 8.09. The molecule has 0 unspecified atom stereocenters. The van der Waals surface area contributed by atoms with E-state index in [0.29, 0.717) is 16.2 Å². The van der Waals surface area contributed by atoms with Crippen LogP contribution < -0.4 is 61.4 Å². The smallest absolute Gasteiger partial charge is 1.00 e. The first-order chi connectivity index (χ1) is 12.2. The molecule has 0 spiro atoms. The van der Waals surface area contributed by atoms with Crippen LogP contribution in [0, 0.1) is 0 Å². The van der Waals surface area contributed by atoms with Crippen molar-refractivity contribution in [2.24, 2.45) is 0 Å². The van der Waals surface area contributed by atoms with Gasteiger partial charge in [-0.1, -0.05) is 0 Å². The van der Waals surface area contributed by atoms with Crippen molar-refractivity contribution in [2.45, 2.75) is 11.4 Å². The molecule has 27 heavy (non-hydrogen) atoms. The Labute approximate surface area is 208 Å². The SMILES string of the molecule is O=C(CNc1cc(OC(F)(F)F)ccc1Br)Sc1ncccc1C(=O)O.[H-].[K+]. The minimum atomic E-state index is -4.83. The van der Waals surface area contributed by atoms with Gasteiger partial charge in [0.2, 0.25) is 5.12 Å². The molecule has 0 saturated heterocycles. The molecule has 0 saturated carbocycles. The Balaban J connectivity index is 0.00000364. The molecule has 0 aliphatic heterocycles. The van der Waals surface area contributed by atoms with Gasteiger partial charge in [0, 0.05) is 16.7 Å². The first-order valence-electron chi connectivity index (χ1n) is 6.84. The van der Waals surface area contributed by atoms with Crippen LogP contribution in [0.15, 0.2) is 46.0 Å². The van der Waals surface area contributed by atoms with E-state index >= 15 is 0 Å². The molecule has 0 radical (unpaired) electrons. The standard InChI is InChI=1S/C15H10BrF3N2O4S.K.H/c16-10-4-3-8(25-15(17,18)19)6-11(10)21-7-12(22)26-13-9(14(23)24)2-1-5-20-13;;/h1-6,21H,7H2,(H,23,24);;/q;+1;-1. The van der Waals surface area contributed by atoms with Crippen LogP contribution in [0.5, 0.6) is 5.75 Å². The van der Waals surface area contributed by atoms with E-state index in [1.807, 2.05) is 0 Å². The Morgan fingerprint density at radius 2 is 2.04 bits per heavy atom. The molecule has 2 aromatic rings. The molecule has 0 aliphatic carbocycles. The number of rotatable bonds is 6. The molecule has 0 aliphatic rings. The number of carboxylic acids is 1. The summed E-state index contributed by atoms with van der Waals surface area (Å²) in [4.78, 5) is 27.0. The summed E-state index contributed by atoms with van der Waals surface area (Å²) in [5.41, 5.74) is 0.0905. The van der Waals surface area contributed by atoms with Crippen LogP contribution in [0.3, 0.4) is 0 Å². The van der Waals surface area contributed by atoms with Gasteiger partial charge in [0.1, 0.15) is 10.8 Å². The molecule has 1 heterocycles. The molecule has 0 atom stereocenters. The Bertz CT molecular complexity index is 845. The fourth-order valence-corrected chi connectivity index (χ4v) is 2.91. The normalized spacial score (nSPS) is 10.7. The molecular formula is C15H11BrF3KN2O4S. The molecule has 0 bridgehead atoms. The number of hydrogen-bond acceptors (Lipinski definition) is 6. The second-order valence-electron chi connectivity index (χ2n) is 4.68. The number of pyridine rings is 1. The molecular weight excluding hydrogens is 480 g/mol. The fourth-order valence-electron chi connectivity index (χ4n) is 1.78. The minimum absolute atomic E-state index is 0. The van der Waals surface area contributed by atoms with E-state index in [1.165, 1.54) is 24.4 Å². The van der Waals surface area contributed by atoms with Gasteiger partial charge in [0.15, 0.2) is 0 Å². The fraction of sp³-hybridized carbons (Fsp3) is 0.133. The van der Waals surface area contributed by atoms with Gasteiger partial charge in [0.05, 0.1) is 17.8 Å². The van der Waals surface area contributed by atoms with E-state index in [0.717, 1.165) is 12.1 Å². The van der Waals surface area contributed by atoms with Crippen LogP contribution >= 0.6 is 27.7 Å². The molecule has 140 valence electrons. The number of anilines is 1. The quantitative estimate of drug-likeness (QED) is 0.465. The molecule has 2 N–H and O–H groups in total. The monoisotopic (exact) mass is 490 g/mol. The van der Waals surface area contributed by atoms with E-state index in [1.54, 1.807) is 0 Å². The number of carboxylic acid groups (broad SMARTS) is 1. The van der Waals surface area contributed by atoms with Gasteiger partial charge in [0.25, 0.3) is 0 Å². The Kier molecular flexibility index (Phi) is 9.75. The first-order valence-corrected chi connectivity index (χ1v) is 8.45. The zero-order valence-corrected chi connectivity index (χ0v) is 19.2. The second-order valence-corrected chi connectivity index (χ2v) is 6.58. The number of nitrogens with zero attached hydrogens (tertiary/aromatic N) is 1. The van der Waals surface area contributed by atoms with Crippen molar-refractivity contribution in [3.8, 4) is 5.75 Å². The molecule has 6 nitrogen and oxygen atoms in total. The molecule has 0 amide bonds. The summed E-state index contributed by atoms with van der Waals surface area (Å²) in [6, 6.07) is 6.28. The van der Waals surface area contributed by atoms with Crippen molar-refractivity contribution in [2.75, 3.05) is 11.9 Å². The Morgan fingerprint density at radius 1 is 1.33 bits per heavy atom. The van der Waals surface area contributed by atoms with E-state index in [4.69, 9.17) is 5.11 Å². The van der Waals surface area contributed by atoms with Gasteiger partial charge in [-0.15, -0.1) is 13.2 Å². The van der Waals surface area contributed by atoms with Gasteiger partial charge in [-0.2, -0.15) is 0 Å². The van der Waals surface area contributed by atoms with Crippen molar-refractivity contribution >= 4 is 44.5 Å². The van der Waals surface area contributed by atoms with Crippen LogP contribution in [0.2, 0.25) is 0 Å². The maximum atomic E-state index is 12.3. The largest absolute Gasteiger partial charge is 1.00 e. The summed E-state index contributed by atoms with van der Waals surface area (Å²) in [6.45, 7) is -0.269. The number of carbonyl (C=O) groups is 2. The number of benzene rings is 1. The van der Waals surface area contributed by atoms with Crippen LogP contribution in [-0.2, 0) is 4.79 Å². The van der Waals surface area contributed by atoms with Crippen molar-refractivity contribution in [1.29, 1.82) is 0 Å². The van der Waals surface area contributed by atoms with Crippen molar-refractivity contribution in [3.05, 3.63) is 46.6 Å². The number of carbonyl (C=O) groups excluding carboxylic acids is 1. The summed E-state index contributed by atoms with van der Waals surface area (Å²) >= 11 is 3.77. The van der Waals surface area contributed by atoms with Crippen molar-refractivity contribution in [1.82, 2.24) is 4.98 Å². The number of hydrogen-bond donors (Lipinski definition) is 2. The zero-order valence-electron chi connectivity index (χ0n) is 14.7. The molecule has 0 fully saturated rings. The zero-order chi connectivity index (χ0) is 19.3. The predicted molar refractivity (Wildman–Crippen MR) is 92.5 cm³/mol. The summed E-state index contributed by atoms with van der Waals surface area (Å²) in [7, 11) is 0. The number of nitrogens with one attached hydrogen (secondary N) is 1. The number of aromatic carboxylic acids is 1. The minimum Gasteiger partial charge on any atom is -1.00 e. The summed E-state index contributed by atoms with van der Waals surface area (Å²) in [5, 5.41) is 11.3. The maximum Gasteiger partial charge on any atom is 1.00 e. The van der Waals surface area contributed by atoms with Gasteiger partial charge in [-0.25, -0.2) is 9.78 Å². The van der Waals surface area contributed by atoms with Crippen LogP contribution in [0.25, 0.3) is 0 Å². The van der Waals surface area contributed by atoms with Gasteiger partial charge < -0.3 is 16.6 Å². The van der Waals surface area contributed by atoms with Crippen molar-refractivity contribution < 1.29 is 85.4 Å². The number of aromatic nitrogens is 1. The van der Waals surface area contributed by atoms with E-state index in [-0.39, 0.29) is 75.6 Å². The van der Waals surface area contributed by atoms with Gasteiger partial charge in [-0.05, 0) is 52.0 Å². The van der Waals surface area contributed by atoms with Crippen LogP contribution in [0.1, 0.15) is 11.8 Å². The summed E-state index contributed by atoms with van der Waals surface area (Å²) in [5.74, 6) is -1.66. The van der Waals surface area contributed by atoms with E-state index < -0.39 is 23.2 Å². The topological polar surface area (TPSA) is 88.5 Å². The third-order valence-electron chi connectivity index (χ3n) is 2.81. The predicted octanol–water partition coefficient (Wildman–Crippen LogP) is 1.29. The Morgan fingerprint density at radius 3 is 2.67 bits per heavy atom. The second kappa shape index (κ2) is 10.8. The summed E-state index contributed by atoms with van der Waals surface area (Å²) < 4.78 is 41.0. The Hall–Kier alpha value is -0.634. The molecule has 2 rings (SSSR count). The number of ether oxygens (including phenoxy) is 1. The van der Waals surface area contributed by atoms with E-state index in [2.05, 4.69) is 31.0 Å². The average molecular weight is 491 g/mol. The first kappa shape index (κ1) is 24.4. The average Bonchev–Trinajstić information content (AvgIpc) is 2.54. The van der Waals surface area contributed by atoms with E-state index in [9.17, 15) is 22.8 Å².